The van der Waals surface area contributed by atoms with Gasteiger partial charge in [0.25, 0.3) is 5.56 Å². The van der Waals surface area contributed by atoms with Crippen molar-refractivity contribution >= 4 is 11.0 Å². The summed E-state index contributed by atoms with van der Waals surface area (Å²) in [4.78, 5) is 26.3. The van der Waals surface area contributed by atoms with E-state index in [-0.39, 0.29) is 17.2 Å². The number of ether oxygens (including phenoxy) is 1. The summed E-state index contributed by atoms with van der Waals surface area (Å²) in [5.41, 5.74) is 2.15. The van der Waals surface area contributed by atoms with Crippen molar-refractivity contribution in [2.24, 2.45) is 13.0 Å². The SMILES string of the molecule is C=CCOc1ccccc1Cn1nc2c(c1-c1ccccc1)c(=O)n(C)c(=O)n2CC(C)C. The lowest BCUT2D eigenvalue weighted by Crippen LogP contribution is -2.38. The monoisotopic (exact) mass is 444 g/mol. The van der Waals surface area contributed by atoms with Crippen LogP contribution in [0, 0.1) is 5.92 Å². The number of fused-ring (bicyclic) bond motifs is 1. The van der Waals surface area contributed by atoms with E-state index in [1.54, 1.807) is 15.3 Å². The van der Waals surface area contributed by atoms with Gasteiger partial charge in [-0.1, -0.05) is 75.0 Å². The van der Waals surface area contributed by atoms with Crippen molar-refractivity contribution in [3.63, 3.8) is 0 Å². The van der Waals surface area contributed by atoms with Gasteiger partial charge in [0.05, 0.1) is 12.2 Å². The Morgan fingerprint density at radius 1 is 1.06 bits per heavy atom. The van der Waals surface area contributed by atoms with Gasteiger partial charge in [0.1, 0.15) is 17.7 Å². The van der Waals surface area contributed by atoms with Crippen LogP contribution in [0.4, 0.5) is 0 Å². The second-order valence-electron chi connectivity index (χ2n) is 8.43. The highest BCUT2D eigenvalue weighted by molar-refractivity contribution is 5.90. The van der Waals surface area contributed by atoms with Crippen LogP contribution in [-0.2, 0) is 20.1 Å². The minimum absolute atomic E-state index is 0.210. The summed E-state index contributed by atoms with van der Waals surface area (Å²) in [5.74, 6) is 0.935. The molecule has 2 aromatic carbocycles. The molecule has 0 fully saturated rings. The molecule has 0 aliphatic heterocycles. The molecule has 4 aromatic rings. The first kappa shape index (κ1) is 22.3. The van der Waals surface area contributed by atoms with Crippen LogP contribution in [0.15, 0.2) is 76.8 Å². The molecule has 0 saturated heterocycles. The van der Waals surface area contributed by atoms with Crippen molar-refractivity contribution in [2.45, 2.75) is 26.9 Å². The highest BCUT2D eigenvalue weighted by Crippen LogP contribution is 2.28. The molecular formula is C26H28N4O3. The van der Waals surface area contributed by atoms with E-state index in [2.05, 4.69) is 6.58 Å². The van der Waals surface area contributed by atoms with E-state index in [0.717, 1.165) is 16.9 Å². The maximum absolute atomic E-state index is 13.3. The van der Waals surface area contributed by atoms with Gasteiger partial charge in [-0.2, -0.15) is 5.10 Å². The van der Waals surface area contributed by atoms with Gasteiger partial charge < -0.3 is 4.74 Å². The van der Waals surface area contributed by atoms with E-state index in [1.165, 1.54) is 11.6 Å². The Morgan fingerprint density at radius 2 is 1.76 bits per heavy atom. The van der Waals surface area contributed by atoms with Gasteiger partial charge in [0.2, 0.25) is 0 Å². The van der Waals surface area contributed by atoms with Gasteiger partial charge >= 0.3 is 5.69 Å². The average Bonchev–Trinajstić information content (AvgIpc) is 3.19. The van der Waals surface area contributed by atoms with Crippen LogP contribution in [0.25, 0.3) is 22.3 Å². The molecule has 0 unspecified atom stereocenters. The molecule has 33 heavy (non-hydrogen) atoms. The van der Waals surface area contributed by atoms with Gasteiger partial charge in [-0.15, -0.1) is 0 Å². The summed E-state index contributed by atoms with van der Waals surface area (Å²) in [6.45, 7) is 9.02. The van der Waals surface area contributed by atoms with Gasteiger partial charge in [0.15, 0.2) is 5.65 Å². The fraction of sp³-hybridized carbons (Fsp3) is 0.269. The third kappa shape index (κ3) is 4.26. The number of hydrogen-bond donors (Lipinski definition) is 0. The zero-order valence-corrected chi connectivity index (χ0v) is 19.2. The molecule has 0 amide bonds. The van der Waals surface area contributed by atoms with Gasteiger partial charge in [0, 0.05) is 24.7 Å². The minimum Gasteiger partial charge on any atom is -0.489 e. The van der Waals surface area contributed by atoms with E-state index in [1.807, 2.05) is 68.4 Å². The Kier molecular flexibility index (Phi) is 6.31. The molecule has 0 aliphatic rings. The first-order chi connectivity index (χ1) is 15.9. The number of rotatable bonds is 8. The minimum atomic E-state index is -0.361. The fourth-order valence-electron chi connectivity index (χ4n) is 3.98. The third-order valence-corrected chi connectivity index (χ3v) is 5.47. The lowest BCUT2D eigenvalue weighted by molar-refractivity contribution is 0.357. The molecule has 2 aromatic heterocycles. The summed E-state index contributed by atoms with van der Waals surface area (Å²) < 4.78 is 10.4. The second-order valence-corrected chi connectivity index (χ2v) is 8.43. The Bertz CT molecular complexity index is 1410. The average molecular weight is 445 g/mol. The van der Waals surface area contributed by atoms with Crippen LogP contribution < -0.4 is 16.0 Å². The topological polar surface area (TPSA) is 71.1 Å². The van der Waals surface area contributed by atoms with Crippen molar-refractivity contribution in [1.29, 1.82) is 0 Å². The molecule has 7 nitrogen and oxygen atoms in total. The van der Waals surface area contributed by atoms with Crippen molar-refractivity contribution in [1.82, 2.24) is 18.9 Å². The van der Waals surface area contributed by atoms with Gasteiger partial charge in [-0.05, 0) is 12.0 Å². The highest BCUT2D eigenvalue weighted by atomic mass is 16.5. The van der Waals surface area contributed by atoms with E-state index >= 15 is 0 Å². The molecule has 0 N–H and O–H groups in total. The van der Waals surface area contributed by atoms with Crippen LogP contribution >= 0.6 is 0 Å². The zero-order valence-electron chi connectivity index (χ0n) is 19.2. The van der Waals surface area contributed by atoms with Crippen molar-refractivity contribution in [3.05, 3.63) is 93.7 Å². The first-order valence-corrected chi connectivity index (χ1v) is 11.0. The lowest BCUT2D eigenvalue weighted by Gasteiger charge is -2.12. The second kappa shape index (κ2) is 9.32. The maximum atomic E-state index is 13.3. The number of para-hydroxylation sites is 1. The lowest BCUT2D eigenvalue weighted by atomic mass is 10.1. The smallest absolute Gasteiger partial charge is 0.332 e. The van der Waals surface area contributed by atoms with Crippen molar-refractivity contribution in [2.75, 3.05) is 6.61 Å². The fourth-order valence-corrected chi connectivity index (χ4v) is 3.98. The van der Waals surface area contributed by atoms with Crippen LogP contribution in [0.3, 0.4) is 0 Å². The van der Waals surface area contributed by atoms with Crippen LogP contribution in [-0.4, -0.2) is 25.5 Å². The first-order valence-electron chi connectivity index (χ1n) is 11.0. The summed E-state index contributed by atoms with van der Waals surface area (Å²) in [7, 11) is 1.52. The number of benzene rings is 2. The van der Waals surface area contributed by atoms with Crippen LogP contribution in [0.2, 0.25) is 0 Å². The van der Waals surface area contributed by atoms with E-state index < -0.39 is 0 Å². The zero-order chi connectivity index (χ0) is 23.5. The number of nitrogens with zero attached hydrogens (tertiary/aromatic N) is 4. The molecule has 0 atom stereocenters. The molecule has 7 heteroatoms. The summed E-state index contributed by atoms with van der Waals surface area (Å²) in [5, 5.41) is 5.25. The summed E-state index contributed by atoms with van der Waals surface area (Å²) in [6, 6.07) is 17.4. The van der Waals surface area contributed by atoms with Gasteiger partial charge in [-0.3, -0.25) is 18.6 Å². The maximum Gasteiger partial charge on any atom is 0.332 e. The largest absolute Gasteiger partial charge is 0.489 e. The van der Waals surface area contributed by atoms with E-state index in [4.69, 9.17) is 9.84 Å². The normalized spacial score (nSPS) is 11.3. The van der Waals surface area contributed by atoms with E-state index in [9.17, 15) is 9.59 Å². The predicted molar refractivity (Wildman–Crippen MR) is 131 cm³/mol. The highest BCUT2D eigenvalue weighted by Gasteiger charge is 2.23. The molecular weight excluding hydrogens is 416 g/mol. The standard InChI is InChI=1S/C26H28N4O3/c1-5-15-33-21-14-10-9-13-20(21)17-30-23(19-11-7-6-8-12-19)22-24(27-30)29(16-18(2)3)26(32)28(4)25(22)31/h5-14,18H,1,15-17H2,2-4H3. The Hall–Kier alpha value is -3.87. The van der Waals surface area contributed by atoms with Crippen LogP contribution in [0.5, 0.6) is 5.75 Å². The molecule has 170 valence electrons. The number of hydrogen-bond acceptors (Lipinski definition) is 4. The molecule has 0 saturated carbocycles. The Balaban J connectivity index is 2.01. The third-order valence-electron chi connectivity index (χ3n) is 5.47. The molecule has 0 aliphatic carbocycles. The molecule has 0 bridgehead atoms. The van der Waals surface area contributed by atoms with Crippen molar-refractivity contribution < 1.29 is 4.74 Å². The van der Waals surface area contributed by atoms with Crippen LogP contribution in [0.1, 0.15) is 19.4 Å². The predicted octanol–water partition coefficient (Wildman–Crippen LogP) is 3.83. The molecule has 0 radical (unpaired) electrons. The van der Waals surface area contributed by atoms with E-state index in [0.29, 0.717) is 36.4 Å². The summed E-state index contributed by atoms with van der Waals surface area (Å²) >= 11 is 0. The quantitative estimate of drug-likeness (QED) is 0.387. The number of aromatic nitrogens is 4. The van der Waals surface area contributed by atoms with Gasteiger partial charge in [-0.25, -0.2) is 4.79 Å². The molecule has 4 rings (SSSR count). The summed E-state index contributed by atoms with van der Waals surface area (Å²) in [6.07, 6.45) is 1.70. The Morgan fingerprint density at radius 3 is 2.45 bits per heavy atom. The molecule has 2 heterocycles. The molecule has 0 spiro atoms. The van der Waals surface area contributed by atoms with Crippen molar-refractivity contribution in [3.8, 4) is 17.0 Å². The Labute approximate surface area is 192 Å².